The van der Waals surface area contributed by atoms with Crippen LogP contribution in [-0.4, -0.2) is 0 Å². The molecule has 0 bridgehead atoms. The molecule has 0 aliphatic carbocycles. The summed E-state index contributed by atoms with van der Waals surface area (Å²) in [4.78, 5) is 0. The molecule has 0 aliphatic heterocycles. The Kier molecular flexibility index (Phi) is 2.52. The van der Waals surface area contributed by atoms with Crippen molar-refractivity contribution in [3.8, 4) is 11.1 Å². The predicted molar refractivity (Wildman–Crippen MR) is 54.8 cm³/mol. The van der Waals surface area contributed by atoms with E-state index in [1.54, 1.807) is 22.9 Å². The summed E-state index contributed by atoms with van der Waals surface area (Å²) in [6, 6.07) is 7.30. The Labute approximate surface area is 89.0 Å². The zero-order valence-corrected chi connectivity index (χ0v) is 8.40. The Morgan fingerprint density at radius 1 is 1.00 bits per heavy atom. The molecule has 0 unspecified atom stereocenters. The third kappa shape index (κ3) is 2.04. The molecule has 1 heterocycles. The average molecular weight is 228 g/mol. The monoisotopic (exact) mass is 228 g/mol. The molecular weight excluding hydrogens is 221 g/mol. The highest BCUT2D eigenvalue weighted by atomic mass is 32.1. The first-order valence-corrected chi connectivity index (χ1v) is 5.22. The maximum atomic E-state index is 12.6. The van der Waals surface area contributed by atoms with E-state index in [4.69, 9.17) is 0 Å². The van der Waals surface area contributed by atoms with E-state index in [-0.39, 0.29) is 5.56 Å². The number of hydrogen-bond acceptors (Lipinski definition) is 1. The molecule has 1 aromatic carbocycles. The molecule has 15 heavy (non-hydrogen) atoms. The quantitative estimate of drug-likeness (QED) is 0.677. The van der Waals surface area contributed by atoms with Crippen LogP contribution in [0.2, 0.25) is 0 Å². The van der Waals surface area contributed by atoms with Crippen LogP contribution in [0.1, 0.15) is 5.56 Å². The summed E-state index contributed by atoms with van der Waals surface area (Å²) in [7, 11) is 0. The van der Waals surface area contributed by atoms with Crippen LogP contribution in [0, 0.1) is 0 Å². The Morgan fingerprint density at radius 2 is 1.73 bits per heavy atom. The molecule has 0 amide bonds. The second-order valence-electron chi connectivity index (χ2n) is 3.06. The van der Waals surface area contributed by atoms with Crippen molar-refractivity contribution in [1.29, 1.82) is 0 Å². The second kappa shape index (κ2) is 3.70. The van der Waals surface area contributed by atoms with Gasteiger partial charge in [-0.2, -0.15) is 24.5 Å². The highest BCUT2D eigenvalue weighted by Crippen LogP contribution is 2.37. The molecule has 0 N–H and O–H groups in total. The lowest BCUT2D eigenvalue weighted by Crippen LogP contribution is -2.06. The van der Waals surface area contributed by atoms with Crippen molar-refractivity contribution in [3.63, 3.8) is 0 Å². The normalized spacial score (nSPS) is 11.7. The third-order valence-electron chi connectivity index (χ3n) is 2.06. The van der Waals surface area contributed by atoms with Gasteiger partial charge in [-0.05, 0) is 34.0 Å². The van der Waals surface area contributed by atoms with Gasteiger partial charge in [0.2, 0.25) is 0 Å². The number of hydrogen-bond donors (Lipinski definition) is 0. The largest absolute Gasteiger partial charge is 0.417 e. The highest BCUT2D eigenvalue weighted by molar-refractivity contribution is 7.08. The van der Waals surface area contributed by atoms with Crippen molar-refractivity contribution < 1.29 is 13.2 Å². The minimum atomic E-state index is -4.29. The van der Waals surface area contributed by atoms with Crippen LogP contribution in [0.25, 0.3) is 11.1 Å². The van der Waals surface area contributed by atoms with E-state index in [1.807, 2.05) is 0 Å². The maximum absolute atomic E-state index is 12.6. The Balaban J connectivity index is 2.58. The Hall–Kier alpha value is -1.29. The minimum Gasteiger partial charge on any atom is -0.166 e. The Morgan fingerprint density at radius 3 is 2.33 bits per heavy atom. The molecule has 0 spiro atoms. The van der Waals surface area contributed by atoms with Crippen molar-refractivity contribution in [2.75, 3.05) is 0 Å². The van der Waals surface area contributed by atoms with Gasteiger partial charge in [-0.25, -0.2) is 0 Å². The first-order valence-electron chi connectivity index (χ1n) is 4.28. The zero-order chi connectivity index (χ0) is 10.9. The van der Waals surface area contributed by atoms with Crippen LogP contribution >= 0.6 is 11.3 Å². The highest BCUT2D eigenvalue weighted by Gasteiger charge is 2.33. The second-order valence-corrected chi connectivity index (χ2v) is 3.84. The molecule has 0 radical (unpaired) electrons. The van der Waals surface area contributed by atoms with Gasteiger partial charge in [0.05, 0.1) is 5.56 Å². The lowest BCUT2D eigenvalue weighted by atomic mass is 10.0. The van der Waals surface area contributed by atoms with Crippen LogP contribution in [0.5, 0.6) is 0 Å². The zero-order valence-electron chi connectivity index (χ0n) is 7.58. The summed E-state index contributed by atoms with van der Waals surface area (Å²) >= 11 is 1.39. The van der Waals surface area contributed by atoms with Gasteiger partial charge in [0.1, 0.15) is 0 Å². The molecule has 0 nitrogen and oxygen atoms in total. The number of alkyl halides is 3. The number of rotatable bonds is 1. The summed E-state index contributed by atoms with van der Waals surface area (Å²) in [5, 5.41) is 3.48. The minimum absolute atomic E-state index is 0.242. The van der Waals surface area contributed by atoms with Crippen LogP contribution in [-0.2, 0) is 6.18 Å². The standard InChI is InChI=1S/C11H7F3S/c12-11(13,14)10-4-2-1-3-9(10)8-5-6-15-7-8/h1-7H. The molecule has 78 valence electrons. The van der Waals surface area contributed by atoms with Gasteiger partial charge in [-0.3, -0.25) is 0 Å². The molecule has 2 aromatic rings. The van der Waals surface area contributed by atoms with Gasteiger partial charge in [-0.1, -0.05) is 18.2 Å². The van der Waals surface area contributed by atoms with E-state index < -0.39 is 11.7 Å². The summed E-state index contributed by atoms with van der Waals surface area (Å²) in [6.07, 6.45) is -4.29. The SMILES string of the molecule is FC(F)(F)c1ccccc1-c1ccsc1. The van der Waals surface area contributed by atoms with Gasteiger partial charge in [-0.15, -0.1) is 0 Å². The van der Waals surface area contributed by atoms with Gasteiger partial charge >= 0.3 is 6.18 Å². The lowest BCUT2D eigenvalue weighted by molar-refractivity contribution is -0.137. The van der Waals surface area contributed by atoms with Crippen molar-refractivity contribution in [1.82, 2.24) is 0 Å². The number of benzene rings is 1. The van der Waals surface area contributed by atoms with Crippen LogP contribution < -0.4 is 0 Å². The molecule has 0 fully saturated rings. The van der Waals surface area contributed by atoms with Crippen LogP contribution in [0.3, 0.4) is 0 Å². The first kappa shape index (κ1) is 10.2. The van der Waals surface area contributed by atoms with Crippen LogP contribution in [0.15, 0.2) is 41.1 Å². The van der Waals surface area contributed by atoms with Crippen molar-refractivity contribution in [2.45, 2.75) is 6.18 Å². The van der Waals surface area contributed by atoms with Crippen molar-refractivity contribution in [2.24, 2.45) is 0 Å². The van der Waals surface area contributed by atoms with Gasteiger partial charge in [0.25, 0.3) is 0 Å². The molecule has 1 aromatic heterocycles. The summed E-state index contributed by atoms with van der Waals surface area (Å²) in [6.45, 7) is 0. The Bertz CT molecular complexity index is 443. The van der Waals surface area contributed by atoms with E-state index in [1.165, 1.54) is 23.5 Å². The smallest absolute Gasteiger partial charge is 0.166 e. The molecule has 0 saturated heterocycles. The first-order chi connectivity index (χ1) is 7.09. The fourth-order valence-corrected chi connectivity index (χ4v) is 2.06. The van der Waals surface area contributed by atoms with E-state index in [2.05, 4.69) is 0 Å². The third-order valence-corrected chi connectivity index (χ3v) is 2.75. The van der Waals surface area contributed by atoms with E-state index in [0.29, 0.717) is 5.56 Å². The molecular formula is C11H7F3S. The van der Waals surface area contributed by atoms with E-state index >= 15 is 0 Å². The summed E-state index contributed by atoms with van der Waals surface area (Å²) in [5.74, 6) is 0. The van der Waals surface area contributed by atoms with Gasteiger partial charge in [0, 0.05) is 0 Å². The van der Waals surface area contributed by atoms with Crippen molar-refractivity contribution >= 4 is 11.3 Å². The summed E-state index contributed by atoms with van der Waals surface area (Å²) < 4.78 is 37.9. The fourth-order valence-electron chi connectivity index (χ4n) is 1.40. The van der Waals surface area contributed by atoms with Crippen LogP contribution in [0.4, 0.5) is 13.2 Å². The van der Waals surface area contributed by atoms with E-state index in [0.717, 1.165) is 6.07 Å². The molecule has 4 heteroatoms. The van der Waals surface area contributed by atoms with Gasteiger partial charge in [0.15, 0.2) is 0 Å². The van der Waals surface area contributed by atoms with Gasteiger partial charge < -0.3 is 0 Å². The number of thiophene rings is 1. The fraction of sp³-hybridized carbons (Fsp3) is 0.0909. The van der Waals surface area contributed by atoms with E-state index in [9.17, 15) is 13.2 Å². The van der Waals surface area contributed by atoms with Crippen molar-refractivity contribution in [3.05, 3.63) is 46.7 Å². The molecule has 2 rings (SSSR count). The maximum Gasteiger partial charge on any atom is 0.417 e. The molecule has 0 saturated carbocycles. The molecule has 0 aliphatic rings. The summed E-state index contributed by atoms with van der Waals surface area (Å²) in [5.41, 5.74) is 0.280. The topological polar surface area (TPSA) is 0 Å². The average Bonchev–Trinajstić information content (AvgIpc) is 2.69. The molecule has 0 atom stereocenters. The lowest BCUT2D eigenvalue weighted by Gasteiger charge is -2.11. The predicted octanol–water partition coefficient (Wildman–Crippen LogP) is 4.43. The number of halogens is 3.